The summed E-state index contributed by atoms with van der Waals surface area (Å²) in [5.74, 6) is 1.51. The Bertz CT molecular complexity index is 1010. The quantitative estimate of drug-likeness (QED) is 0.595. The number of benzene rings is 2. The summed E-state index contributed by atoms with van der Waals surface area (Å²) < 4.78 is 11.1. The first kappa shape index (κ1) is 20.4. The molecular formula is C24H29N3O3. The van der Waals surface area contributed by atoms with Crippen molar-refractivity contribution in [2.45, 2.75) is 25.9 Å². The highest BCUT2D eigenvalue weighted by molar-refractivity contribution is 5.96. The van der Waals surface area contributed by atoms with E-state index in [4.69, 9.17) is 14.6 Å². The van der Waals surface area contributed by atoms with E-state index in [1.165, 1.54) is 5.56 Å². The van der Waals surface area contributed by atoms with Crippen LogP contribution in [-0.4, -0.2) is 54.4 Å². The van der Waals surface area contributed by atoms with Gasteiger partial charge in [0, 0.05) is 48.3 Å². The van der Waals surface area contributed by atoms with Crippen LogP contribution in [0.25, 0.3) is 10.8 Å². The van der Waals surface area contributed by atoms with Gasteiger partial charge in [-0.3, -0.25) is 4.90 Å². The molecule has 0 saturated carbocycles. The zero-order valence-corrected chi connectivity index (χ0v) is 17.6. The molecule has 1 aliphatic rings. The second-order valence-electron chi connectivity index (χ2n) is 7.76. The van der Waals surface area contributed by atoms with Crippen molar-refractivity contribution >= 4 is 16.5 Å². The lowest BCUT2D eigenvalue weighted by Crippen LogP contribution is -2.26. The second-order valence-corrected chi connectivity index (χ2v) is 7.76. The zero-order valence-electron chi connectivity index (χ0n) is 17.6. The fourth-order valence-corrected chi connectivity index (χ4v) is 4.09. The Balaban J connectivity index is 1.42. The number of methoxy groups -OCH3 is 1. The Kier molecular flexibility index (Phi) is 6.35. The van der Waals surface area contributed by atoms with E-state index < -0.39 is 0 Å². The molecule has 30 heavy (non-hydrogen) atoms. The fraction of sp³-hybridized carbons (Fsp3) is 0.375. The number of rotatable bonds is 8. The van der Waals surface area contributed by atoms with Crippen molar-refractivity contribution < 1.29 is 14.6 Å². The molecule has 0 aliphatic carbocycles. The minimum atomic E-state index is 0.0270. The summed E-state index contributed by atoms with van der Waals surface area (Å²) in [6.45, 7) is 5.31. The number of anilines is 1. The number of aliphatic hydroxyl groups is 1. The summed E-state index contributed by atoms with van der Waals surface area (Å²) in [5, 5.41) is 14.9. The maximum absolute atomic E-state index is 9.01. The molecule has 3 aromatic rings. The van der Waals surface area contributed by atoms with Gasteiger partial charge >= 0.3 is 0 Å². The maximum Gasteiger partial charge on any atom is 0.221 e. The third-order valence-corrected chi connectivity index (χ3v) is 5.60. The minimum Gasteiger partial charge on any atom is -0.491 e. The van der Waals surface area contributed by atoms with Crippen LogP contribution in [0, 0.1) is 6.92 Å². The number of hydrogen-bond donors (Lipinski definition) is 2. The molecule has 4 rings (SSSR count). The average Bonchev–Trinajstić information content (AvgIpc) is 3.20. The molecule has 1 unspecified atom stereocenters. The van der Waals surface area contributed by atoms with E-state index in [1.54, 1.807) is 13.3 Å². The van der Waals surface area contributed by atoms with Gasteiger partial charge in [-0.2, -0.15) is 0 Å². The summed E-state index contributed by atoms with van der Waals surface area (Å²) in [5.41, 5.74) is 3.44. The van der Waals surface area contributed by atoms with E-state index in [9.17, 15) is 0 Å². The first-order chi connectivity index (χ1) is 14.7. The van der Waals surface area contributed by atoms with Crippen LogP contribution < -0.4 is 14.8 Å². The van der Waals surface area contributed by atoms with E-state index in [2.05, 4.69) is 39.5 Å². The molecule has 1 fully saturated rings. The molecule has 0 spiro atoms. The van der Waals surface area contributed by atoms with Crippen molar-refractivity contribution in [3.8, 4) is 11.6 Å². The summed E-state index contributed by atoms with van der Waals surface area (Å²) in [7, 11) is 1.65. The van der Waals surface area contributed by atoms with Crippen LogP contribution >= 0.6 is 0 Å². The molecule has 158 valence electrons. The molecule has 6 heteroatoms. The Labute approximate surface area is 177 Å². The van der Waals surface area contributed by atoms with E-state index in [-0.39, 0.29) is 6.61 Å². The number of aryl methyl sites for hydroxylation is 1. The third-order valence-electron chi connectivity index (χ3n) is 5.60. The average molecular weight is 408 g/mol. The van der Waals surface area contributed by atoms with E-state index in [1.807, 2.05) is 25.1 Å². The van der Waals surface area contributed by atoms with Crippen LogP contribution in [0.4, 0.5) is 5.69 Å². The molecule has 1 atom stereocenters. The molecule has 1 aromatic heterocycles. The van der Waals surface area contributed by atoms with Crippen LogP contribution in [0.2, 0.25) is 0 Å². The standard InChI is InChI=1S/C24H29N3O3/c1-17-6-7-18(14-23(17)30-13-12-28)15-27-11-9-19(16-27)26-22-5-3-4-21-20(22)8-10-25-24(21)29-2/h3-8,10,14,19,26,28H,9,11-13,15-16H2,1-2H3. The van der Waals surface area contributed by atoms with Crippen molar-refractivity contribution in [3.63, 3.8) is 0 Å². The summed E-state index contributed by atoms with van der Waals surface area (Å²) in [4.78, 5) is 6.77. The van der Waals surface area contributed by atoms with Gasteiger partial charge in [-0.15, -0.1) is 0 Å². The van der Waals surface area contributed by atoms with Gasteiger partial charge in [0.05, 0.1) is 13.7 Å². The van der Waals surface area contributed by atoms with Crippen molar-refractivity contribution in [1.29, 1.82) is 0 Å². The molecule has 1 aliphatic heterocycles. The highest BCUT2D eigenvalue weighted by Gasteiger charge is 2.23. The van der Waals surface area contributed by atoms with Gasteiger partial charge in [0.1, 0.15) is 12.4 Å². The maximum atomic E-state index is 9.01. The SMILES string of the molecule is COc1nccc2c(NC3CCN(Cc4ccc(C)c(OCCO)c4)C3)cccc12. The molecule has 2 aromatic carbocycles. The second kappa shape index (κ2) is 9.32. The van der Waals surface area contributed by atoms with E-state index in [0.29, 0.717) is 18.5 Å². The van der Waals surface area contributed by atoms with Gasteiger partial charge in [0.25, 0.3) is 0 Å². The number of aliphatic hydroxyl groups excluding tert-OH is 1. The van der Waals surface area contributed by atoms with Crippen LogP contribution in [-0.2, 0) is 6.54 Å². The van der Waals surface area contributed by atoms with Crippen molar-refractivity contribution in [2.75, 3.05) is 38.7 Å². The largest absolute Gasteiger partial charge is 0.491 e. The predicted molar refractivity (Wildman–Crippen MR) is 119 cm³/mol. The smallest absolute Gasteiger partial charge is 0.221 e. The molecule has 2 N–H and O–H groups in total. The van der Waals surface area contributed by atoms with E-state index >= 15 is 0 Å². The number of likely N-dealkylation sites (tertiary alicyclic amines) is 1. The Morgan fingerprint density at radius 1 is 1.20 bits per heavy atom. The number of fused-ring (bicyclic) bond motifs is 1. The third kappa shape index (κ3) is 4.50. The summed E-state index contributed by atoms with van der Waals surface area (Å²) in [6.07, 6.45) is 2.89. The fourth-order valence-electron chi connectivity index (χ4n) is 4.09. The van der Waals surface area contributed by atoms with Gasteiger partial charge in [0.15, 0.2) is 0 Å². The normalized spacial score (nSPS) is 16.7. The zero-order chi connectivity index (χ0) is 20.9. The number of ether oxygens (including phenoxy) is 2. The molecule has 1 saturated heterocycles. The van der Waals surface area contributed by atoms with Gasteiger partial charge in [-0.25, -0.2) is 4.98 Å². The van der Waals surface area contributed by atoms with Crippen LogP contribution in [0.5, 0.6) is 11.6 Å². The number of nitrogens with zero attached hydrogens (tertiary/aromatic N) is 2. The summed E-state index contributed by atoms with van der Waals surface area (Å²) >= 11 is 0. The Morgan fingerprint density at radius 2 is 2.10 bits per heavy atom. The van der Waals surface area contributed by atoms with E-state index in [0.717, 1.165) is 53.8 Å². The lowest BCUT2D eigenvalue weighted by Gasteiger charge is -2.19. The molecule has 0 bridgehead atoms. The van der Waals surface area contributed by atoms with Crippen LogP contribution in [0.1, 0.15) is 17.5 Å². The van der Waals surface area contributed by atoms with Crippen LogP contribution in [0.3, 0.4) is 0 Å². The van der Waals surface area contributed by atoms with Crippen LogP contribution in [0.15, 0.2) is 48.7 Å². The molecule has 0 amide bonds. The lowest BCUT2D eigenvalue weighted by molar-refractivity contribution is 0.200. The number of hydrogen-bond acceptors (Lipinski definition) is 6. The Hall–Kier alpha value is -2.83. The highest BCUT2D eigenvalue weighted by Crippen LogP contribution is 2.30. The highest BCUT2D eigenvalue weighted by atomic mass is 16.5. The van der Waals surface area contributed by atoms with Gasteiger partial charge in [0.2, 0.25) is 5.88 Å². The Morgan fingerprint density at radius 3 is 2.93 bits per heavy atom. The number of pyridine rings is 1. The first-order valence-corrected chi connectivity index (χ1v) is 10.4. The molecule has 6 nitrogen and oxygen atoms in total. The molecular weight excluding hydrogens is 378 g/mol. The predicted octanol–water partition coefficient (Wildman–Crippen LogP) is 3.61. The van der Waals surface area contributed by atoms with Crippen molar-refractivity contribution in [1.82, 2.24) is 9.88 Å². The topological polar surface area (TPSA) is 66.9 Å². The summed E-state index contributed by atoms with van der Waals surface area (Å²) in [6, 6.07) is 15.0. The first-order valence-electron chi connectivity index (χ1n) is 10.4. The molecule has 2 heterocycles. The number of aromatic nitrogens is 1. The van der Waals surface area contributed by atoms with Crippen molar-refractivity contribution in [3.05, 3.63) is 59.8 Å². The van der Waals surface area contributed by atoms with Gasteiger partial charge in [-0.1, -0.05) is 18.2 Å². The minimum absolute atomic E-state index is 0.0270. The van der Waals surface area contributed by atoms with Gasteiger partial charge < -0.3 is 19.9 Å². The number of nitrogens with one attached hydrogen (secondary N) is 1. The van der Waals surface area contributed by atoms with Gasteiger partial charge in [-0.05, 0) is 48.7 Å². The lowest BCUT2D eigenvalue weighted by atomic mass is 10.1. The van der Waals surface area contributed by atoms with Crippen molar-refractivity contribution in [2.24, 2.45) is 0 Å². The monoisotopic (exact) mass is 407 g/mol. The molecule has 0 radical (unpaired) electrons.